The van der Waals surface area contributed by atoms with E-state index >= 15 is 0 Å². The number of rotatable bonds is 6. The lowest BCUT2D eigenvalue weighted by Crippen LogP contribution is -2.10. The molecule has 4 nitrogen and oxygen atoms in total. The summed E-state index contributed by atoms with van der Waals surface area (Å²) in [5.41, 5.74) is 11.5. The first kappa shape index (κ1) is 27.0. The molecular weight excluding hydrogens is 576 g/mol. The number of aromatic nitrogens is 1. The van der Waals surface area contributed by atoms with Crippen LogP contribution in [0.25, 0.3) is 66.7 Å². The van der Waals surface area contributed by atoms with Crippen LogP contribution in [0.4, 0.5) is 17.1 Å². The summed E-state index contributed by atoms with van der Waals surface area (Å²) in [6.07, 6.45) is 0. The second-order valence-corrected chi connectivity index (χ2v) is 11.6. The molecule has 7 aromatic carbocycles. The van der Waals surface area contributed by atoms with Gasteiger partial charge in [-0.3, -0.25) is 0 Å². The van der Waals surface area contributed by atoms with Gasteiger partial charge in [-0.2, -0.15) is 0 Å². The predicted octanol–water partition coefficient (Wildman–Crippen LogP) is 12.2. The molecule has 9 rings (SSSR count). The van der Waals surface area contributed by atoms with Crippen molar-refractivity contribution in [2.24, 2.45) is 0 Å². The lowest BCUT2D eigenvalue weighted by Gasteiger charge is -2.26. The first-order chi connectivity index (χ1) is 23.3. The van der Waals surface area contributed by atoms with E-state index in [1.807, 2.05) is 48.5 Å². The van der Waals surface area contributed by atoms with Crippen molar-refractivity contribution in [3.63, 3.8) is 0 Å². The number of fused-ring (bicyclic) bond motifs is 4. The number of furan rings is 1. The molecule has 2 heterocycles. The van der Waals surface area contributed by atoms with Crippen LogP contribution in [-0.2, 0) is 0 Å². The molecule has 222 valence electrons. The third kappa shape index (κ3) is 4.75. The van der Waals surface area contributed by atoms with Crippen molar-refractivity contribution in [3.05, 3.63) is 170 Å². The molecule has 0 saturated heterocycles. The normalized spacial score (nSPS) is 11.4. The van der Waals surface area contributed by atoms with Gasteiger partial charge in [-0.15, -0.1) is 0 Å². The highest BCUT2D eigenvalue weighted by molar-refractivity contribution is 6.13. The van der Waals surface area contributed by atoms with Gasteiger partial charge >= 0.3 is 0 Å². The minimum atomic E-state index is 0.542. The summed E-state index contributed by atoms with van der Waals surface area (Å²) in [5.74, 6) is 0.542. The van der Waals surface area contributed by atoms with Crippen molar-refractivity contribution in [3.8, 4) is 33.7 Å². The summed E-state index contributed by atoms with van der Waals surface area (Å²) >= 11 is 0. The zero-order valence-corrected chi connectivity index (χ0v) is 25.4. The highest BCUT2D eigenvalue weighted by Gasteiger charge is 2.22. The van der Waals surface area contributed by atoms with Crippen LogP contribution >= 0.6 is 0 Å². The third-order valence-electron chi connectivity index (χ3n) is 8.69. The van der Waals surface area contributed by atoms with Crippen LogP contribution < -0.4 is 4.90 Å². The third-order valence-corrected chi connectivity index (χ3v) is 8.69. The zero-order valence-electron chi connectivity index (χ0n) is 25.4. The Kier molecular flexibility index (Phi) is 6.43. The van der Waals surface area contributed by atoms with E-state index in [2.05, 4.69) is 126 Å². The van der Waals surface area contributed by atoms with E-state index < -0.39 is 0 Å². The van der Waals surface area contributed by atoms with Gasteiger partial charge in [0.15, 0.2) is 11.2 Å². The molecule has 0 saturated carbocycles. The molecule has 4 heteroatoms. The van der Waals surface area contributed by atoms with Gasteiger partial charge in [0.25, 0.3) is 0 Å². The van der Waals surface area contributed by atoms with Crippen molar-refractivity contribution in [1.82, 2.24) is 4.98 Å². The number of benzene rings is 7. The van der Waals surface area contributed by atoms with Gasteiger partial charge in [0.2, 0.25) is 5.89 Å². The monoisotopic (exact) mass is 604 g/mol. The molecular formula is C43H28N2O2. The number of oxazole rings is 1. The zero-order chi connectivity index (χ0) is 31.2. The number of nitrogens with zero attached hydrogens (tertiary/aromatic N) is 2. The van der Waals surface area contributed by atoms with Crippen molar-refractivity contribution in [2.45, 2.75) is 0 Å². The molecule has 0 fully saturated rings. The van der Waals surface area contributed by atoms with Crippen LogP contribution in [0.2, 0.25) is 0 Å². The lowest BCUT2D eigenvalue weighted by molar-refractivity contribution is 0.615. The van der Waals surface area contributed by atoms with Crippen LogP contribution in [0.3, 0.4) is 0 Å². The molecule has 0 aliphatic carbocycles. The minimum absolute atomic E-state index is 0.542. The molecule has 2 aromatic heterocycles. The lowest BCUT2D eigenvalue weighted by atomic mass is 10.0. The Labute approximate surface area is 271 Å². The van der Waals surface area contributed by atoms with E-state index in [1.54, 1.807) is 0 Å². The van der Waals surface area contributed by atoms with Gasteiger partial charge in [0.05, 0.1) is 11.3 Å². The molecule has 0 unspecified atom stereocenters. The van der Waals surface area contributed by atoms with Gasteiger partial charge in [-0.25, -0.2) is 4.98 Å². The Hall–Kier alpha value is -6.39. The summed E-state index contributed by atoms with van der Waals surface area (Å²) in [6.45, 7) is 0. The number of para-hydroxylation sites is 4. The van der Waals surface area contributed by atoms with Crippen molar-refractivity contribution < 1.29 is 8.83 Å². The Morgan fingerprint density at radius 1 is 0.426 bits per heavy atom. The first-order valence-electron chi connectivity index (χ1n) is 15.7. The molecule has 0 aliphatic rings. The van der Waals surface area contributed by atoms with Gasteiger partial charge in [-0.05, 0) is 70.8 Å². The van der Waals surface area contributed by atoms with E-state index in [4.69, 9.17) is 13.8 Å². The summed E-state index contributed by atoms with van der Waals surface area (Å²) in [5, 5.41) is 2.04. The Balaban J connectivity index is 1.27. The fourth-order valence-electron chi connectivity index (χ4n) is 6.47. The fraction of sp³-hybridized carbons (Fsp3) is 0. The van der Waals surface area contributed by atoms with Gasteiger partial charge < -0.3 is 13.7 Å². The topological polar surface area (TPSA) is 42.4 Å². The maximum Gasteiger partial charge on any atom is 0.231 e. The molecule has 0 bridgehead atoms. The maximum atomic E-state index is 6.88. The van der Waals surface area contributed by atoms with Gasteiger partial charge in [0, 0.05) is 22.1 Å². The molecule has 0 spiro atoms. The number of hydrogen-bond acceptors (Lipinski definition) is 4. The average Bonchev–Trinajstić information content (AvgIpc) is 3.75. The second-order valence-electron chi connectivity index (χ2n) is 11.6. The van der Waals surface area contributed by atoms with Crippen LogP contribution in [0.1, 0.15) is 0 Å². The molecule has 0 N–H and O–H groups in total. The van der Waals surface area contributed by atoms with Crippen LogP contribution in [0.5, 0.6) is 0 Å². The average molecular weight is 605 g/mol. The van der Waals surface area contributed by atoms with Gasteiger partial charge in [-0.1, -0.05) is 121 Å². The Morgan fingerprint density at radius 2 is 0.979 bits per heavy atom. The van der Waals surface area contributed by atoms with Crippen LogP contribution in [0, 0.1) is 0 Å². The maximum absolute atomic E-state index is 6.88. The number of hydrogen-bond donors (Lipinski definition) is 0. The standard InChI is InChI=1S/C43H28N2O2/c1-3-13-29(14-4-1)31-17-9-19-33(27-31)45(34-20-10-18-32(28-34)30-15-5-2-6-16-30)39-25-12-22-36-35-21-11-23-37(41(35)47-42(36)39)43-44-38-24-7-8-26-40(38)46-43/h1-28H. The Morgan fingerprint density at radius 3 is 1.64 bits per heavy atom. The largest absolute Gasteiger partial charge is 0.453 e. The van der Waals surface area contributed by atoms with E-state index in [0.717, 1.165) is 77.9 Å². The van der Waals surface area contributed by atoms with E-state index in [-0.39, 0.29) is 0 Å². The highest BCUT2D eigenvalue weighted by atomic mass is 16.4. The predicted molar refractivity (Wildman–Crippen MR) is 192 cm³/mol. The molecule has 0 amide bonds. The molecule has 0 atom stereocenters. The Bertz CT molecular complexity index is 2410. The van der Waals surface area contributed by atoms with Crippen molar-refractivity contribution in [2.75, 3.05) is 4.90 Å². The molecule has 47 heavy (non-hydrogen) atoms. The van der Waals surface area contributed by atoms with Crippen LogP contribution in [-0.4, -0.2) is 4.98 Å². The summed E-state index contributed by atoms with van der Waals surface area (Å²) in [7, 11) is 0. The molecule has 9 aromatic rings. The second kappa shape index (κ2) is 11.2. The quantitative estimate of drug-likeness (QED) is 0.189. The summed E-state index contributed by atoms with van der Waals surface area (Å²) in [4.78, 5) is 7.09. The number of anilines is 3. The highest BCUT2D eigenvalue weighted by Crippen LogP contribution is 2.45. The minimum Gasteiger partial charge on any atom is -0.453 e. The van der Waals surface area contributed by atoms with E-state index in [0.29, 0.717) is 5.89 Å². The summed E-state index contributed by atoms with van der Waals surface area (Å²) in [6, 6.07) is 58.7. The fourth-order valence-corrected chi connectivity index (χ4v) is 6.47. The van der Waals surface area contributed by atoms with Crippen molar-refractivity contribution >= 4 is 50.1 Å². The molecule has 0 aliphatic heterocycles. The SMILES string of the molecule is c1ccc(-c2cccc(N(c3cccc(-c4ccccc4)c3)c3cccc4c3oc3c(-c5nc6ccccc6o5)cccc34)c2)cc1. The van der Waals surface area contributed by atoms with E-state index in [9.17, 15) is 0 Å². The van der Waals surface area contributed by atoms with E-state index in [1.165, 1.54) is 0 Å². The smallest absolute Gasteiger partial charge is 0.231 e. The van der Waals surface area contributed by atoms with Crippen molar-refractivity contribution in [1.29, 1.82) is 0 Å². The van der Waals surface area contributed by atoms with Gasteiger partial charge in [0.1, 0.15) is 11.1 Å². The van der Waals surface area contributed by atoms with Crippen LogP contribution in [0.15, 0.2) is 179 Å². The molecule has 0 radical (unpaired) electrons. The first-order valence-corrected chi connectivity index (χ1v) is 15.7. The summed E-state index contributed by atoms with van der Waals surface area (Å²) < 4.78 is 13.1.